The Hall–Kier alpha value is -2.30. The highest BCUT2D eigenvalue weighted by atomic mass is 35.5. The van der Waals surface area contributed by atoms with Gasteiger partial charge in [0.15, 0.2) is 0 Å². The normalized spacial score (nSPS) is 10.6. The molecule has 0 aliphatic heterocycles. The Morgan fingerprint density at radius 3 is 2.55 bits per heavy atom. The van der Waals surface area contributed by atoms with Gasteiger partial charge in [0.25, 0.3) is 11.5 Å². The highest BCUT2D eigenvalue weighted by Gasteiger charge is 2.10. The first-order valence-corrected chi connectivity index (χ1v) is 7.18. The maximum atomic E-state index is 12.2. The second kappa shape index (κ2) is 5.83. The van der Waals surface area contributed by atoms with Crippen molar-refractivity contribution in [3.8, 4) is 0 Å². The van der Waals surface area contributed by atoms with Gasteiger partial charge in [-0.05, 0) is 35.7 Å². The number of hydrogen-bond donors (Lipinski definition) is 2. The Bertz CT molecular complexity index is 935. The van der Waals surface area contributed by atoms with Crippen LogP contribution in [0.4, 0.5) is 5.69 Å². The molecule has 4 nitrogen and oxygen atoms in total. The van der Waals surface area contributed by atoms with Gasteiger partial charge in [0.2, 0.25) is 0 Å². The van der Waals surface area contributed by atoms with E-state index in [1.807, 2.05) is 6.07 Å². The summed E-state index contributed by atoms with van der Waals surface area (Å²) in [5, 5.41) is 4.64. The molecule has 0 fully saturated rings. The molecule has 2 N–H and O–H groups in total. The minimum Gasteiger partial charge on any atom is -0.321 e. The fraction of sp³-hybridized carbons (Fsp3) is 0. The van der Waals surface area contributed by atoms with Gasteiger partial charge in [-0.2, -0.15) is 0 Å². The molecule has 0 unspecified atom stereocenters. The van der Waals surface area contributed by atoms with Gasteiger partial charge >= 0.3 is 0 Å². The predicted octanol–water partition coefficient (Wildman–Crippen LogP) is 4.09. The summed E-state index contributed by atoms with van der Waals surface area (Å²) >= 11 is 11.7. The first-order chi connectivity index (χ1) is 10.5. The standard InChI is InChI=1S/C16H10Cl2N2O2/c17-12-6-5-10(8-13(12)18)19-16(22)14-7-9-3-1-2-4-11(9)15(21)20-14/h1-8H,(H,19,22)(H,20,21). The number of aromatic amines is 1. The monoisotopic (exact) mass is 332 g/mol. The molecule has 110 valence electrons. The first-order valence-electron chi connectivity index (χ1n) is 6.43. The Kier molecular flexibility index (Phi) is 3.88. The Morgan fingerprint density at radius 2 is 1.77 bits per heavy atom. The van der Waals surface area contributed by atoms with Crippen LogP contribution in [0.2, 0.25) is 10.0 Å². The van der Waals surface area contributed by atoms with Crippen molar-refractivity contribution in [2.45, 2.75) is 0 Å². The summed E-state index contributed by atoms with van der Waals surface area (Å²) in [5.41, 5.74) is 0.362. The quantitative estimate of drug-likeness (QED) is 0.742. The third kappa shape index (κ3) is 2.84. The SMILES string of the molecule is O=C(Nc1ccc(Cl)c(Cl)c1)c1cc2ccccc2c(=O)[nH]1. The molecule has 3 rings (SSSR count). The maximum absolute atomic E-state index is 12.2. The van der Waals surface area contributed by atoms with E-state index in [0.29, 0.717) is 26.5 Å². The van der Waals surface area contributed by atoms with Crippen LogP contribution >= 0.6 is 23.2 Å². The summed E-state index contributed by atoms with van der Waals surface area (Å²) in [5.74, 6) is -0.429. The predicted molar refractivity (Wildman–Crippen MR) is 89.0 cm³/mol. The van der Waals surface area contributed by atoms with Gasteiger partial charge in [0.1, 0.15) is 5.69 Å². The van der Waals surface area contributed by atoms with E-state index < -0.39 is 5.91 Å². The molecule has 1 amide bonds. The smallest absolute Gasteiger partial charge is 0.272 e. The van der Waals surface area contributed by atoms with Crippen molar-refractivity contribution in [3.63, 3.8) is 0 Å². The molecule has 1 heterocycles. The molecule has 0 saturated carbocycles. The molecular weight excluding hydrogens is 323 g/mol. The molecule has 0 bridgehead atoms. The van der Waals surface area contributed by atoms with Gasteiger partial charge in [-0.25, -0.2) is 0 Å². The van der Waals surface area contributed by atoms with Crippen molar-refractivity contribution in [2.24, 2.45) is 0 Å². The topological polar surface area (TPSA) is 62.0 Å². The van der Waals surface area contributed by atoms with E-state index in [2.05, 4.69) is 10.3 Å². The zero-order valence-corrected chi connectivity index (χ0v) is 12.7. The lowest BCUT2D eigenvalue weighted by molar-refractivity contribution is 0.102. The third-order valence-electron chi connectivity index (χ3n) is 3.18. The van der Waals surface area contributed by atoms with Crippen LogP contribution in [0.25, 0.3) is 10.8 Å². The number of rotatable bonds is 2. The van der Waals surface area contributed by atoms with Crippen LogP contribution in [0, 0.1) is 0 Å². The van der Waals surface area contributed by atoms with Crippen molar-refractivity contribution in [1.82, 2.24) is 4.98 Å². The number of carbonyl (C=O) groups is 1. The van der Waals surface area contributed by atoms with E-state index in [4.69, 9.17) is 23.2 Å². The van der Waals surface area contributed by atoms with Gasteiger partial charge in [0, 0.05) is 11.1 Å². The van der Waals surface area contributed by atoms with Crippen molar-refractivity contribution >= 4 is 45.6 Å². The minimum absolute atomic E-state index is 0.176. The number of nitrogens with one attached hydrogen (secondary N) is 2. The fourth-order valence-corrected chi connectivity index (χ4v) is 2.40. The number of pyridine rings is 1. The summed E-state index contributed by atoms with van der Waals surface area (Å²) < 4.78 is 0. The minimum atomic E-state index is -0.429. The van der Waals surface area contributed by atoms with Crippen molar-refractivity contribution < 1.29 is 4.79 Å². The van der Waals surface area contributed by atoms with Crippen LogP contribution in [0.5, 0.6) is 0 Å². The second-order valence-electron chi connectivity index (χ2n) is 4.68. The second-order valence-corrected chi connectivity index (χ2v) is 5.50. The summed E-state index contributed by atoms with van der Waals surface area (Å²) in [6.07, 6.45) is 0. The molecule has 0 aliphatic rings. The van der Waals surface area contributed by atoms with Gasteiger partial charge < -0.3 is 10.3 Å². The van der Waals surface area contributed by atoms with E-state index in [-0.39, 0.29) is 11.3 Å². The van der Waals surface area contributed by atoms with Crippen LogP contribution in [0.1, 0.15) is 10.5 Å². The molecule has 6 heteroatoms. The Morgan fingerprint density at radius 1 is 1.00 bits per heavy atom. The van der Waals surface area contributed by atoms with E-state index >= 15 is 0 Å². The molecule has 0 radical (unpaired) electrons. The summed E-state index contributed by atoms with van der Waals surface area (Å²) in [7, 11) is 0. The van der Waals surface area contributed by atoms with E-state index in [9.17, 15) is 9.59 Å². The zero-order chi connectivity index (χ0) is 15.7. The lowest BCUT2D eigenvalue weighted by Crippen LogP contribution is -2.18. The van der Waals surface area contributed by atoms with Gasteiger partial charge in [0.05, 0.1) is 10.0 Å². The molecule has 3 aromatic rings. The lowest BCUT2D eigenvalue weighted by atomic mass is 10.1. The van der Waals surface area contributed by atoms with E-state index in [0.717, 1.165) is 0 Å². The van der Waals surface area contributed by atoms with Crippen LogP contribution in [-0.4, -0.2) is 10.9 Å². The lowest BCUT2D eigenvalue weighted by Gasteiger charge is -2.07. The number of carbonyl (C=O) groups excluding carboxylic acids is 1. The number of H-pyrrole nitrogens is 1. The molecule has 1 aromatic heterocycles. The van der Waals surface area contributed by atoms with Crippen molar-refractivity contribution in [3.05, 3.63) is 74.6 Å². The number of hydrogen-bond acceptors (Lipinski definition) is 2. The fourth-order valence-electron chi connectivity index (χ4n) is 2.11. The number of amides is 1. The first kappa shape index (κ1) is 14.6. The number of benzene rings is 2. The van der Waals surface area contributed by atoms with E-state index in [1.54, 1.807) is 42.5 Å². The van der Waals surface area contributed by atoms with Crippen molar-refractivity contribution in [2.75, 3.05) is 5.32 Å². The molecular formula is C16H10Cl2N2O2. The maximum Gasteiger partial charge on any atom is 0.272 e. The highest BCUT2D eigenvalue weighted by Crippen LogP contribution is 2.25. The molecule has 0 atom stereocenters. The van der Waals surface area contributed by atoms with Crippen LogP contribution in [0.15, 0.2) is 53.3 Å². The van der Waals surface area contributed by atoms with Crippen LogP contribution < -0.4 is 10.9 Å². The van der Waals surface area contributed by atoms with Gasteiger partial charge in [-0.1, -0.05) is 41.4 Å². The number of fused-ring (bicyclic) bond motifs is 1. The summed E-state index contributed by atoms with van der Waals surface area (Å²) in [6.45, 7) is 0. The number of anilines is 1. The zero-order valence-electron chi connectivity index (χ0n) is 11.2. The average Bonchev–Trinajstić information content (AvgIpc) is 2.51. The largest absolute Gasteiger partial charge is 0.321 e. The van der Waals surface area contributed by atoms with E-state index in [1.165, 1.54) is 0 Å². The van der Waals surface area contributed by atoms with Crippen molar-refractivity contribution in [1.29, 1.82) is 0 Å². The molecule has 0 saturated heterocycles. The summed E-state index contributed by atoms with van der Waals surface area (Å²) in [6, 6.07) is 13.4. The molecule has 0 aliphatic carbocycles. The third-order valence-corrected chi connectivity index (χ3v) is 3.91. The van der Waals surface area contributed by atoms with Gasteiger partial charge in [-0.3, -0.25) is 9.59 Å². The molecule has 2 aromatic carbocycles. The molecule has 22 heavy (non-hydrogen) atoms. The van der Waals surface area contributed by atoms with Gasteiger partial charge in [-0.15, -0.1) is 0 Å². The number of aromatic nitrogens is 1. The Balaban J connectivity index is 1.95. The van der Waals surface area contributed by atoms with Crippen LogP contribution in [0.3, 0.4) is 0 Å². The average molecular weight is 333 g/mol. The summed E-state index contributed by atoms with van der Waals surface area (Å²) in [4.78, 5) is 26.8. The number of halogens is 2. The highest BCUT2D eigenvalue weighted by molar-refractivity contribution is 6.42. The van der Waals surface area contributed by atoms with Crippen LogP contribution in [-0.2, 0) is 0 Å². The Labute approximate surface area is 135 Å². The molecule has 0 spiro atoms.